The molecule has 8 heteroatoms. The Bertz CT molecular complexity index is 817. The highest BCUT2D eigenvalue weighted by atomic mass is 79.9. The van der Waals surface area contributed by atoms with Crippen molar-refractivity contribution in [2.45, 2.75) is 11.3 Å². The highest BCUT2D eigenvalue weighted by molar-refractivity contribution is 9.10. The third kappa shape index (κ3) is 5.06. The number of sulfone groups is 1. The molecule has 0 saturated heterocycles. The highest BCUT2D eigenvalue weighted by Crippen LogP contribution is 2.24. The maximum atomic E-state index is 12.2. The van der Waals surface area contributed by atoms with Crippen LogP contribution in [0, 0.1) is 0 Å². The van der Waals surface area contributed by atoms with Crippen molar-refractivity contribution in [3.8, 4) is 5.75 Å². The topological polar surface area (TPSA) is 63.7 Å². The SMILES string of the molecule is CN(CCCOc1cccc(S(C)(=O)=O)c1)C(=O)c1sccc1Br. The number of rotatable bonds is 7. The van der Waals surface area contributed by atoms with Crippen LogP contribution < -0.4 is 4.74 Å². The summed E-state index contributed by atoms with van der Waals surface area (Å²) in [5.41, 5.74) is 0. The molecular formula is C16H18BrNO4S2. The minimum absolute atomic E-state index is 0.0315. The fourth-order valence-corrected chi connectivity index (χ4v) is 4.20. The molecule has 2 rings (SSSR count). The summed E-state index contributed by atoms with van der Waals surface area (Å²) in [5, 5.41) is 1.86. The molecule has 130 valence electrons. The van der Waals surface area contributed by atoms with E-state index in [0.717, 1.165) is 10.7 Å². The largest absolute Gasteiger partial charge is 0.493 e. The Morgan fingerprint density at radius 3 is 2.71 bits per heavy atom. The highest BCUT2D eigenvalue weighted by Gasteiger charge is 2.15. The molecule has 0 bridgehead atoms. The van der Waals surface area contributed by atoms with Crippen LogP contribution in [0.3, 0.4) is 0 Å². The van der Waals surface area contributed by atoms with Gasteiger partial charge in [0, 0.05) is 24.3 Å². The van der Waals surface area contributed by atoms with Crippen LogP contribution in [0.1, 0.15) is 16.1 Å². The van der Waals surface area contributed by atoms with E-state index in [1.165, 1.54) is 23.5 Å². The van der Waals surface area contributed by atoms with E-state index in [9.17, 15) is 13.2 Å². The van der Waals surface area contributed by atoms with E-state index < -0.39 is 9.84 Å². The van der Waals surface area contributed by atoms with Crippen LogP contribution in [-0.4, -0.2) is 45.7 Å². The van der Waals surface area contributed by atoms with Crippen LogP contribution in [0.4, 0.5) is 0 Å². The van der Waals surface area contributed by atoms with Gasteiger partial charge in [-0.25, -0.2) is 8.42 Å². The summed E-state index contributed by atoms with van der Waals surface area (Å²) in [6.45, 7) is 0.950. The zero-order valence-electron chi connectivity index (χ0n) is 13.4. The molecule has 1 heterocycles. The first-order valence-electron chi connectivity index (χ1n) is 7.20. The van der Waals surface area contributed by atoms with Crippen molar-refractivity contribution in [1.82, 2.24) is 4.90 Å². The quantitative estimate of drug-likeness (QED) is 0.629. The van der Waals surface area contributed by atoms with E-state index in [1.807, 2.05) is 11.4 Å². The van der Waals surface area contributed by atoms with Gasteiger partial charge in [-0.15, -0.1) is 11.3 Å². The molecule has 0 spiro atoms. The molecule has 0 fully saturated rings. The molecule has 0 radical (unpaired) electrons. The summed E-state index contributed by atoms with van der Waals surface area (Å²) in [6, 6.07) is 8.26. The summed E-state index contributed by atoms with van der Waals surface area (Å²) in [4.78, 5) is 14.8. The Balaban J connectivity index is 1.83. The second-order valence-corrected chi connectivity index (χ2v) is 9.06. The molecule has 0 unspecified atom stereocenters. The molecule has 0 aliphatic rings. The van der Waals surface area contributed by atoms with E-state index in [2.05, 4.69) is 15.9 Å². The van der Waals surface area contributed by atoms with Crippen LogP contribution in [0.15, 0.2) is 45.1 Å². The standard InChI is InChI=1S/C16H18BrNO4S2/c1-18(16(19)15-14(17)7-10-23-15)8-4-9-22-12-5-3-6-13(11-12)24(2,20)21/h3,5-7,10-11H,4,8-9H2,1-2H3. The third-order valence-corrected chi connectivity index (χ3v) is 6.23. The first kappa shape index (κ1) is 19.0. The summed E-state index contributed by atoms with van der Waals surface area (Å²) in [7, 11) is -1.50. The molecule has 0 saturated carbocycles. The van der Waals surface area contributed by atoms with E-state index in [0.29, 0.717) is 30.2 Å². The molecule has 5 nitrogen and oxygen atoms in total. The van der Waals surface area contributed by atoms with Gasteiger partial charge in [-0.3, -0.25) is 4.79 Å². The second kappa shape index (κ2) is 8.13. The van der Waals surface area contributed by atoms with Crippen molar-refractivity contribution in [2.75, 3.05) is 26.5 Å². The third-order valence-electron chi connectivity index (χ3n) is 3.30. The van der Waals surface area contributed by atoms with Crippen LogP contribution in [0.2, 0.25) is 0 Å². The first-order valence-corrected chi connectivity index (χ1v) is 10.8. The van der Waals surface area contributed by atoms with Crippen LogP contribution in [-0.2, 0) is 9.84 Å². The van der Waals surface area contributed by atoms with Crippen molar-refractivity contribution in [1.29, 1.82) is 0 Å². The van der Waals surface area contributed by atoms with Gasteiger partial charge in [0.1, 0.15) is 10.6 Å². The number of carbonyl (C=O) groups is 1. The fourth-order valence-electron chi connectivity index (χ4n) is 2.01. The summed E-state index contributed by atoms with van der Waals surface area (Å²) >= 11 is 4.76. The smallest absolute Gasteiger partial charge is 0.264 e. The lowest BCUT2D eigenvalue weighted by atomic mass is 10.3. The number of thiophene rings is 1. The molecule has 0 aliphatic heterocycles. The maximum Gasteiger partial charge on any atom is 0.264 e. The lowest BCUT2D eigenvalue weighted by Gasteiger charge is -2.16. The number of benzene rings is 1. The van der Waals surface area contributed by atoms with Gasteiger partial charge in [-0.1, -0.05) is 6.07 Å². The Morgan fingerprint density at radius 1 is 1.33 bits per heavy atom. The summed E-state index contributed by atoms with van der Waals surface area (Å²) in [5.74, 6) is 0.476. The van der Waals surface area contributed by atoms with Gasteiger partial charge in [0.15, 0.2) is 9.84 Å². The zero-order valence-corrected chi connectivity index (χ0v) is 16.6. The lowest BCUT2D eigenvalue weighted by Crippen LogP contribution is -2.28. The van der Waals surface area contributed by atoms with Gasteiger partial charge in [0.2, 0.25) is 0 Å². The van der Waals surface area contributed by atoms with Crippen LogP contribution in [0.5, 0.6) is 5.75 Å². The summed E-state index contributed by atoms with van der Waals surface area (Å²) < 4.78 is 29.4. The van der Waals surface area contributed by atoms with E-state index in [4.69, 9.17) is 4.74 Å². The minimum Gasteiger partial charge on any atom is -0.493 e. The number of amides is 1. The number of ether oxygens (including phenoxy) is 1. The van der Waals surface area contributed by atoms with Crippen LogP contribution in [0.25, 0.3) is 0 Å². The Hall–Kier alpha value is -1.38. The van der Waals surface area contributed by atoms with Crippen LogP contribution >= 0.6 is 27.3 Å². The van der Waals surface area contributed by atoms with Crippen molar-refractivity contribution in [3.05, 3.63) is 45.1 Å². The Labute approximate surface area is 154 Å². The summed E-state index contributed by atoms with van der Waals surface area (Å²) in [6.07, 6.45) is 1.81. The van der Waals surface area contributed by atoms with Crippen molar-refractivity contribution in [2.24, 2.45) is 0 Å². The van der Waals surface area contributed by atoms with E-state index in [-0.39, 0.29) is 10.8 Å². The lowest BCUT2D eigenvalue weighted by molar-refractivity contribution is 0.0792. The second-order valence-electron chi connectivity index (χ2n) is 5.27. The maximum absolute atomic E-state index is 12.2. The molecular weight excluding hydrogens is 414 g/mol. The molecule has 1 amide bonds. The average molecular weight is 432 g/mol. The van der Waals surface area contributed by atoms with Gasteiger partial charge in [0.25, 0.3) is 5.91 Å². The van der Waals surface area contributed by atoms with Crippen molar-refractivity contribution >= 4 is 43.0 Å². The van der Waals surface area contributed by atoms with Gasteiger partial charge < -0.3 is 9.64 Å². The Morgan fingerprint density at radius 2 is 2.08 bits per heavy atom. The van der Waals surface area contributed by atoms with Gasteiger partial charge in [-0.05, 0) is 52.0 Å². The van der Waals surface area contributed by atoms with E-state index in [1.54, 1.807) is 24.1 Å². The fraction of sp³-hybridized carbons (Fsp3) is 0.312. The monoisotopic (exact) mass is 431 g/mol. The molecule has 2 aromatic rings. The predicted octanol–water partition coefficient (Wildman–Crippen LogP) is 3.46. The molecule has 24 heavy (non-hydrogen) atoms. The predicted molar refractivity (Wildman–Crippen MR) is 98.6 cm³/mol. The number of halogens is 1. The average Bonchev–Trinajstić information content (AvgIpc) is 2.96. The molecule has 1 aromatic carbocycles. The van der Waals surface area contributed by atoms with Gasteiger partial charge in [-0.2, -0.15) is 0 Å². The number of hydrogen-bond acceptors (Lipinski definition) is 5. The number of nitrogens with zero attached hydrogens (tertiary/aromatic N) is 1. The molecule has 0 aliphatic carbocycles. The van der Waals surface area contributed by atoms with Gasteiger partial charge >= 0.3 is 0 Å². The van der Waals surface area contributed by atoms with Crippen molar-refractivity contribution in [3.63, 3.8) is 0 Å². The normalized spacial score (nSPS) is 11.3. The minimum atomic E-state index is -3.25. The molecule has 1 aromatic heterocycles. The number of carbonyl (C=O) groups excluding carboxylic acids is 1. The molecule has 0 N–H and O–H groups in total. The first-order chi connectivity index (χ1) is 11.3. The number of hydrogen-bond donors (Lipinski definition) is 0. The van der Waals surface area contributed by atoms with E-state index >= 15 is 0 Å². The Kier molecular flexibility index (Phi) is 6.42. The van der Waals surface area contributed by atoms with Crippen molar-refractivity contribution < 1.29 is 17.9 Å². The molecule has 0 atom stereocenters. The zero-order chi connectivity index (χ0) is 17.7. The van der Waals surface area contributed by atoms with Gasteiger partial charge in [0.05, 0.1) is 11.5 Å².